The van der Waals surface area contributed by atoms with E-state index >= 15 is 0 Å². The van der Waals surface area contributed by atoms with Crippen LogP contribution >= 0.6 is 0 Å². The molecule has 0 bridgehead atoms. The molecule has 1 N–H and O–H groups in total. The number of rotatable bonds is 7. The molecule has 0 saturated carbocycles. The van der Waals surface area contributed by atoms with E-state index in [2.05, 4.69) is 24.3 Å². The van der Waals surface area contributed by atoms with Crippen molar-refractivity contribution >= 4 is 5.91 Å². The number of aliphatic hydroxyl groups is 1. The molecule has 3 rings (SSSR count). The zero-order valence-corrected chi connectivity index (χ0v) is 15.3. The molecule has 4 heteroatoms. The Morgan fingerprint density at radius 2 is 1.65 bits per heavy atom. The standard InChI is InChI=1S/C22H27NO3/c1-2-26-16-20(24)15-23-17-22(14-13-21(23)25,18-9-5-3-6-10-18)19-11-7-4-8-12-19/h3-12,20,24H,2,13-17H2,1H3/t20-/m1/s1. The molecule has 2 aromatic carbocycles. The number of carbonyl (C=O) groups excluding carboxylic acids is 1. The van der Waals surface area contributed by atoms with Gasteiger partial charge in [0.25, 0.3) is 0 Å². The second kappa shape index (κ2) is 8.47. The summed E-state index contributed by atoms with van der Waals surface area (Å²) in [5.74, 6) is 0.100. The van der Waals surface area contributed by atoms with Gasteiger partial charge in [-0.2, -0.15) is 0 Å². The number of β-amino-alcohol motifs (C(OH)–C–C–N with tert-alkyl or cyclic N) is 1. The van der Waals surface area contributed by atoms with E-state index < -0.39 is 6.10 Å². The van der Waals surface area contributed by atoms with Crippen molar-refractivity contribution in [1.82, 2.24) is 4.90 Å². The number of hydrogen-bond donors (Lipinski definition) is 1. The first-order chi connectivity index (χ1) is 12.7. The molecule has 0 radical (unpaired) electrons. The van der Waals surface area contributed by atoms with E-state index in [1.54, 1.807) is 4.90 Å². The number of ether oxygens (including phenoxy) is 1. The molecule has 1 aliphatic heterocycles. The fourth-order valence-corrected chi connectivity index (χ4v) is 3.85. The van der Waals surface area contributed by atoms with Crippen LogP contribution in [0.4, 0.5) is 0 Å². The average Bonchev–Trinajstić information content (AvgIpc) is 2.69. The number of amides is 1. The maximum Gasteiger partial charge on any atom is 0.222 e. The summed E-state index contributed by atoms with van der Waals surface area (Å²) >= 11 is 0. The average molecular weight is 353 g/mol. The van der Waals surface area contributed by atoms with Crippen LogP contribution in [0.2, 0.25) is 0 Å². The third-order valence-electron chi connectivity index (χ3n) is 5.18. The van der Waals surface area contributed by atoms with Crippen molar-refractivity contribution in [1.29, 1.82) is 0 Å². The largest absolute Gasteiger partial charge is 0.389 e. The zero-order chi connectivity index (χ0) is 18.4. The van der Waals surface area contributed by atoms with Crippen molar-refractivity contribution in [3.05, 3.63) is 71.8 Å². The minimum absolute atomic E-state index is 0.100. The number of nitrogens with zero attached hydrogens (tertiary/aromatic N) is 1. The third-order valence-corrected chi connectivity index (χ3v) is 5.18. The van der Waals surface area contributed by atoms with Gasteiger partial charge in [-0.1, -0.05) is 60.7 Å². The van der Waals surface area contributed by atoms with Gasteiger partial charge < -0.3 is 14.7 Å². The van der Waals surface area contributed by atoms with Crippen LogP contribution in [0.3, 0.4) is 0 Å². The van der Waals surface area contributed by atoms with Gasteiger partial charge in [0.05, 0.1) is 12.7 Å². The molecule has 0 aromatic heterocycles. The lowest BCUT2D eigenvalue weighted by Crippen LogP contribution is -2.52. The van der Waals surface area contributed by atoms with Crippen molar-refractivity contribution in [2.75, 3.05) is 26.3 Å². The van der Waals surface area contributed by atoms with E-state index in [0.717, 1.165) is 6.42 Å². The summed E-state index contributed by atoms with van der Waals surface area (Å²) in [5.41, 5.74) is 2.17. The molecule has 1 heterocycles. The van der Waals surface area contributed by atoms with Crippen molar-refractivity contribution in [3.8, 4) is 0 Å². The quantitative estimate of drug-likeness (QED) is 0.832. The molecular formula is C22H27NO3. The van der Waals surface area contributed by atoms with Crippen LogP contribution in [0.5, 0.6) is 0 Å². The van der Waals surface area contributed by atoms with E-state index in [-0.39, 0.29) is 17.9 Å². The number of piperidine rings is 1. The molecule has 4 nitrogen and oxygen atoms in total. The topological polar surface area (TPSA) is 49.8 Å². The Hall–Kier alpha value is -2.17. The van der Waals surface area contributed by atoms with Crippen LogP contribution in [-0.4, -0.2) is 48.3 Å². The fourth-order valence-electron chi connectivity index (χ4n) is 3.85. The fraction of sp³-hybridized carbons (Fsp3) is 0.409. The molecule has 1 amide bonds. The summed E-state index contributed by atoms with van der Waals surface area (Å²) in [5, 5.41) is 10.2. The lowest BCUT2D eigenvalue weighted by molar-refractivity contribution is -0.137. The first-order valence-corrected chi connectivity index (χ1v) is 9.30. The van der Waals surface area contributed by atoms with E-state index in [1.807, 2.05) is 43.3 Å². The molecule has 1 atom stereocenters. The molecule has 26 heavy (non-hydrogen) atoms. The van der Waals surface area contributed by atoms with Crippen LogP contribution in [0, 0.1) is 0 Å². The predicted molar refractivity (Wildman–Crippen MR) is 102 cm³/mol. The molecule has 138 valence electrons. The molecular weight excluding hydrogens is 326 g/mol. The summed E-state index contributed by atoms with van der Waals surface area (Å²) in [6.45, 7) is 3.59. The number of likely N-dealkylation sites (tertiary alicyclic amines) is 1. The number of carbonyl (C=O) groups is 1. The molecule has 2 aromatic rings. The molecule has 0 aliphatic carbocycles. The van der Waals surface area contributed by atoms with Crippen molar-refractivity contribution in [2.24, 2.45) is 0 Å². The van der Waals surface area contributed by atoms with Gasteiger partial charge in [0.2, 0.25) is 5.91 Å². The summed E-state index contributed by atoms with van der Waals surface area (Å²) in [4.78, 5) is 14.3. The highest BCUT2D eigenvalue weighted by molar-refractivity contribution is 5.78. The Morgan fingerprint density at radius 1 is 1.08 bits per heavy atom. The maximum atomic E-state index is 12.5. The Labute approximate surface area is 155 Å². The second-order valence-corrected chi connectivity index (χ2v) is 6.90. The van der Waals surface area contributed by atoms with Gasteiger partial charge in [0.1, 0.15) is 0 Å². The van der Waals surface area contributed by atoms with Crippen molar-refractivity contribution in [3.63, 3.8) is 0 Å². The van der Waals surface area contributed by atoms with Crippen LogP contribution in [0.25, 0.3) is 0 Å². The monoisotopic (exact) mass is 353 g/mol. The summed E-state index contributed by atoms with van der Waals surface area (Å²) in [6.07, 6.45) is 0.588. The van der Waals surface area contributed by atoms with E-state index in [9.17, 15) is 9.90 Å². The third kappa shape index (κ3) is 3.97. The highest BCUT2D eigenvalue weighted by Gasteiger charge is 2.41. The van der Waals surface area contributed by atoms with E-state index in [0.29, 0.717) is 26.1 Å². The predicted octanol–water partition coefficient (Wildman–Crippen LogP) is 2.99. The molecule has 1 aliphatic rings. The zero-order valence-electron chi connectivity index (χ0n) is 15.3. The van der Waals surface area contributed by atoms with Crippen molar-refractivity contribution in [2.45, 2.75) is 31.3 Å². The van der Waals surface area contributed by atoms with E-state index in [1.165, 1.54) is 11.1 Å². The Morgan fingerprint density at radius 3 is 2.19 bits per heavy atom. The minimum Gasteiger partial charge on any atom is -0.389 e. The van der Waals surface area contributed by atoms with Gasteiger partial charge >= 0.3 is 0 Å². The Bertz CT molecular complexity index is 662. The summed E-state index contributed by atoms with van der Waals surface area (Å²) < 4.78 is 5.31. The van der Waals surface area contributed by atoms with Gasteiger partial charge in [0, 0.05) is 31.5 Å². The Kier molecular flexibility index (Phi) is 6.07. The second-order valence-electron chi connectivity index (χ2n) is 6.90. The summed E-state index contributed by atoms with van der Waals surface area (Å²) in [7, 11) is 0. The first kappa shape index (κ1) is 18.6. The van der Waals surface area contributed by atoms with Crippen LogP contribution in [-0.2, 0) is 14.9 Å². The number of aliphatic hydroxyl groups excluding tert-OH is 1. The molecule has 0 spiro atoms. The van der Waals surface area contributed by atoms with Crippen LogP contribution < -0.4 is 0 Å². The molecule has 1 fully saturated rings. The highest BCUT2D eigenvalue weighted by Crippen LogP contribution is 2.40. The maximum absolute atomic E-state index is 12.5. The van der Waals surface area contributed by atoms with E-state index in [4.69, 9.17) is 4.74 Å². The van der Waals surface area contributed by atoms with Gasteiger partial charge in [-0.25, -0.2) is 0 Å². The van der Waals surface area contributed by atoms with Crippen LogP contribution in [0.15, 0.2) is 60.7 Å². The SMILES string of the molecule is CCOC[C@H](O)CN1CC(c2ccccc2)(c2ccccc2)CCC1=O. The van der Waals surface area contributed by atoms with Gasteiger partial charge in [0.15, 0.2) is 0 Å². The normalized spacial score (nSPS) is 17.9. The lowest BCUT2D eigenvalue weighted by atomic mass is 9.69. The number of benzene rings is 2. The van der Waals surface area contributed by atoms with Gasteiger partial charge in [-0.05, 0) is 24.5 Å². The van der Waals surface area contributed by atoms with Crippen LogP contribution in [0.1, 0.15) is 30.9 Å². The molecule has 0 unspecified atom stereocenters. The highest BCUT2D eigenvalue weighted by atomic mass is 16.5. The first-order valence-electron chi connectivity index (χ1n) is 9.30. The van der Waals surface area contributed by atoms with Crippen molar-refractivity contribution < 1.29 is 14.6 Å². The summed E-state index contributed by atoms with van der Waals surface area (Å²) in [6, 6.07) is 20.8. The minimum atomic E-state index is -0.666. The Balaban J connectivity index is 1.91. The number of hydrogen-bond acceptors (Lipinski definition) is 3. The van der Waals surface area contributed by atoms with Gasteiger partial charge in [-0.3, -0.25) is 4.79 Å². The lowest BCUT2D eigenvalue weighted by Gasteiger charge is -2.44. The smallest absolute Gasteiger partial charge is 0.222 e. The van der Waals surface area contributed by atoms with Gasteiger partial charge in [-0.15, -0.1) is 0 Å². The molecule has 1 saturated heterocycles.